The first-order valence-corrected chi connectivity index (χ1v) is 8.10. The highest BCUT2D eigenvalue weighted by molar-refractivity contribution is 6.21. The summed E-state index contributed by atoms with van der Waals surface area (Å²) in [5, 5.41) is 10.9. The van der Waals surface area contributed by atoms with E-state index in [-0.39, 0.29) is 22.9 Å². The first kappa shape index (κ1) is 15.6. The molecule has 21 heavy (non-hydrogen) atoms. The number of carbonyl (C=O) groups excluding carboxylic acids is 1. The summed E-state index contributed by atoms with van der Waals surface area (Å²) in [6, 6.07) is 0. The first-order chi connectivity index (χ1) is 9.54. The lowest BCUT2D eigenvalue weighted by atomic mass is 9.45. The number of halogens is 1. The minimum atomic E-state index is -1.11. The van der Waals surface area contributed by atoms with Crippen LogP contribution < -0.4 is 0 Å². The highest BCUT2D eigenvalue weighted by Crippen LogP contribution is 2.74. The maximum absolute atomic E-state index is 12.4. The summed E-state index contributed by atoms with van der Waals surface area (Å²) in [6.07, 6.45) is 1.99. The zero-order valence-electron chi connectivity index (χ0n) is 13.4. The van der Waals surface area contributed by atoms with E-state index >= 15 is 0 Å². The number of methoxy groups -OCH3 is 1. The third-order valence-corrected chi connectivity index (χ3v) is 7.29. The molecule has 0 aromatic carbocycles. The van der Waals surface area contributed by atoms with Crippen molar-refractivity contribution >= 4 is 17.6 Å². The highest BCUT2D eigenvalue weighted by Gasteiger charge is 2.83. The van der Waals surface area contributed by atoms with Crippen LogP contribution in [0, 0.1) is 16.7 Å². The Balaban J connectivity index is 2.13. The molecule has 3 fully saturated rings. The number of hydrogen-bond acceptors (Lipinski definition) is 4. The Hall–Kier alpha value is -0.320. The molecule has 0 radical (unpaired) electrons. The lowest BCUT2D eigenvalue weighted by Crippen LogP contribution is -2.67. The number of ether oxygens (including phenoxy) is 2. The lowest BCUT2D eigenvalue weighted by molar-refractivity contribution is -0.186. The van der Waals surface area contributed by atoms with E-state index in [1.54, 1.807) is 6.92 Å². The van der Waals surface area contributed by atoms with Crippen LogP contribution in [0.15, 0.2) is 0 Å². The molecule has 0 aromatic heterocycles. The Morgan fingerprint density at radius 3 is 2.52 bits per heavy atom. The van der Waals surface area contributed by atoms with E-state index < -0.39 is 22.5 Å². The number of aliphatic hydroxyl groups is 1. The molecule has 120 valence electrons. The van der Waals surface area contributed by atoms with Gasteiger partial charge < -0.3 is 14.6 Å². The van der Waals surface area contributed by atoms with Crippen LogP contribution in [0.25, 0.3) is 0 Å². The number of epoxide rings is 1. The van der Waals surface area contributed by atoms with E-state index in [4.69, 9.17) is 21.1 Å². The lowest BCUT2D eigenvalue weighted by Gasteiger charge is -2.59. The molecule has 1 aliphatic heterocycles. The molecule has 1 N–H and O–H groups in total. The number of hydrogen-bond donors (Lipinski definition) is 1. The summed E-state index contributed by atoms with van der Waals surface area (Å²) in [6.45, 7) is 8.03. The van der Waals surface area contributed by atoms with Crippen molar-refractivity contribution in [3.05, 3.63) is 0 Å². The van der Waals surface area contributed by atoms with Gasteiger partial charge >= 0.3 is 5.97 Å². The monoisotopic (exact) mass is 316 g/mol. The molecule has 1 spiro atoms. The molecule has 3 aliphatic rings. The summed E-state index contributed by atoms with van der Waals surface area (Å²) >= 11 is 6.58. The molecule has 5 heteroatoms. The van der Waals surface area contributed by atoms with Gasteiger partial charge in [0.15, 0.2) is 0 Å². The van der Waals surface area contributed by atoms with E-state index in [1.807, 2.05) is 0 Å². The maximum atomic E-state index is 12.4. The average molecular weight is 317 g/mol. The average Bonchev–Trinajstić information content (AvgIpc) is 3.08. The van der Waals surface area contributed by atoms with Crippen molar-refractivity contribution in [2.45, 2.75) is 69.6 Å². The standard InChI is InChI=1S/C16H25ClO4/c1-13(2)9(17)6-7-14(3)11(12(18)20-5)15(4,19)8-10-16(13,14)21-10/h9-11,19H,6-8H2,1-5H3/t9-,10-,11+,14+,15+,16+/m0/s1. The molecular formula is C16H25ClO4. The SMILES string of the molecule is COC(=O)[C@H]1[C@](C)(O)C[C@@H]2O[C@@]23C(C)(C)[C@@H](Cl)CC[C@]13C. The molecule has 0 amide bonds. The number of rotatable bonds is 1. The van der Waals surface area contributed by atoms with Gasteiger partial charge in [-0.15, -0.1) is 11.6 Å². The molecule has 0 bridgehead atoms. The summed E-state index contributed by atoms with van der Waals surface area (Å²) in [7, 11) is 1.38. The van der Waals surface area contributed by atoms with Gasteiger partial charge in [-0.25, -0.2) is 0 Å². The number of esters is 1. The van der Waals surface area contributed by atoms with Crippen molar-refractivity contribution in [3.8, 4) is 0 Å². The third-order valence-electron chi connectivity index (χ3n) is 6.52. The van der Waals surface area contributed by atoms with Crippen LogP contribution in [-0.4, -0.2) is 40.9 Å². The van der Waals surface area contributed by atoms with Gasteiger partial charge in [0.05, 0.1) is 24.7 Å². The summed E-state index contributed by atoms with van der Waals surface area (Å²) in [4.78, 5) is 12.4. The fraction of sp³-hybridized carbons (Fsp3) is 0.938. The van der Waals surface area contributed by atoms with Gasteiger partial charge in [0.25, 0.3) is 0 Å². The van der Waals surface area contributed by atoms with Crippen molar-refractivity contribution in [2.75, 3.05) is 7.11 Å². The Labute approximate surface area is 131 Å². The number of carbonyl (C=O) groups is 1. The van der Waals surface area contributed by atoms with Crippen molar-refractivity contribution in [2.24, 2.45) is 16.7 Å². The van der Waals surface area contributed by atoms with Crippen LogP contribution >= 0.6 is 11.6 Å². The Kier molecular flexibility index (Phi) is 3.08. The second-order valence-electron chi connectivity index (χ2n) is 8.00. The second kappa shape index (κ2) is 4.15. The minimum Gasteiger partial charge on any atom is -0.469 e. The Morgan fingerprint density at radius 2 is 1.95 bits per heavy atom. The van der Waals surface area contributed by atoms with Crippen molar-refractivity contribution in [1.82, 2.24) is 0 Å². The maximum Gasteiger partial charge on any atom is 0.312 e. The van der Waals surface area contributed by atoms with Crippen LogP contribution in [-0.2, 0) is 14.3 Å². The van der Waals surface area contributed by atoms with E-state index in [1.165, 1.54) is 7.11 Å². The van der Waals surface area contributed by atoms with Gasteiger partial charge in [0, 0.05) is 22.6 Å². The summed E-state index contributed by atoms with van der Waals surface area (Å²) < 4.78 is 11.2. The molecular weight excluding hydrogens is 292 g/mol. The van der Waals surface area contributed by atoms with Crippen LogP contribution in [0.1, 0.15) is 47.0 Å². The summed E-state index contributed by atoms with van der Waals surface area (Å²) in [5.41, 5.74) is -2.25. The van der Waals surface area contributed by atoms with E-state index in [0.29, 0.717) is 6.42 Å². The van der Waals surface area contributed by atoms with Gasteiger partial charge in [-0.1, -0.05) is 20.8 Å². The normalized spacial score (nSPS) is 54.3. The molecule has 4 nitrogen and oxygen atoms in total. The van der Waals surface area contributed by atoms with Crippen LogP contribution in [0.4, 0.5) is 0 Å². The van der Waals surface area contributed by atoms with Crippen molar-refractivity contribution in [1.29, 1.82) is 0 Å². The fourth-order valence-corrected chi connectivity index (χ4v) is 5.83. The largest absolute Gasteiger partial charge is 0.469 e. The Bertz CT molecular complexity index is 489. The molecule has 1 heterocycles. The van der Waals surface area contributed by atoms with Crippen molar-refractivity contribution < 1.29 is 19.4 Å². The third kappa shape index (κ3) is 1.62. The number of alkyl halides is 1. The van der Waals surface area contributed by atoms with Gasteiger partial charge in [-0.2, -0.15) is 0 Å². The molecule has 6 atom stereocenters. The highest BCUT2D eigenvalue weighted by atomic mass is 35.5. The van der Waals surface area contributed by atoms with E-state index in [2.05, 4.69) is 20.8 Å². The molecule has 1 saturated heterocycles. The van der Waals surface area contributed by atoms with E-state index in [0.717, 1.165) is 12.8 Å². The van der Waals surface area contributed by atoms with E-state index in [9.17, 15) is 9.90 Å². The second-order valence-corrected chi connectivity index (χ2v) is 8.53. The van der Waals surface area contributed by atoms with Crippen LogP contribution in [0.5, 0.6) is 0 Å². The van der Waals surface area contributed by atoms with Gasteiger partial charge in [0.1, 0.15) is 5.60 Å². The van der Waals surface area contributed by atoms with Crippen molar-refractivity contribution in [3.63, 3.8) is 0 Å². The van der Waals surface area contributed by atoms with Gasteiger partial charge in [-0.05, 0) is 19.8 Å². The first-order valence-electron chi connectivity index (χ1n) is 7.67. The van der Waals surface area contributed by atoms with Crippen LogP contribution in [0.3, 0.4) is 0 Å². The quantitative estimate of drug-likeness (QED) is 0.459. The smallest absolute Gasteiger partial charge is 0.312 e. The molecule has 2 saturated carbocycles. The molecule has 3 rings (SSSR count). The predicted molar refractivity (Wildman–Crippen MR) is 79.1 cm³/mol. The molecule has 0 unspecified atom stereocenters. The Morgan fingerprint density at radius 1 is 1.33 bits per heavy atom. The minimum absolute atomic E-state index is 0.0110. The van der Waals surface area contributed by atoms with Crippen LogP contribution in [0.2, 0.25) is 0 Å². The zero-order valence-corrected chi connectivity index (χ0v) is 14.2. The topological polar surface area (TPSA) is 59.1 Å². The molecule has 2 aliphatic carbocycles. The summed E-state index contributed by atoms with van der Waals surface area (Å²) in [5.74, 6) is -0.933. The van der Waals surface area contributed by atoms with Gasteiger partial charge in [0.2, 0.25) is 0 Å². The van der Waals surface area contributed by atoms with Gasteiger partial charge in [-0.3, -0.25) is 4.79 Å². The zero-order chi connectivity index (χ0) is 15.8. The predicted octanol–water partition coefficient (Wildman–Crippen LogP) is 2.50. The molecule has 0 aromatic rings. The fourth-order valence-electron chi connectivity index (χ4n) is 5.56.